The minimum Gasteiger partial charge on any atom is -0.336 e. The van der Waals surface area contributed by atoms with Crippen LogP contribution >= 0.6 is 0 Å². The van der Waals surface area contributed by atoms with Gasteiger partial charge in [-0.25, -0.2) is 18.9 Å². The number of imidazole rings is 1. The molecule has 2 aromatic heterocycles. The monoisotopic (exact) mass is 503 g/mol. The Morgan fingerprint density at radius 2 is 2.00 bits per heavy atom. The van der Waals surface area contributed by atoms with Gasteiger partial charge in [-0.3, -0.25) is 9.36 Å². The summed E-state index contributed by atoms with van der Waals surface area (Å²) in [5.74, 6) is -1.02. The molecule has 2 aromatic carbocycles. The standard InChI is InChI=1S/C27H27F2N7O/c1-15-11-22-19(25(29)34(5)33-22)13-23(15)36-16(2)24(27(37)35-10-6-7-18(14-35)30-3)32-26(36)17-8-9-21(31-4)20(28)12-17/h8-9,11-13,18,30H,6-7,10,14H2,1-3,5H3/t18-/m0/s1. The van der Waals surface area contributed by atoms with E-state index in [2.05, 4.69) is 15.3 Å². The van der Waals surface area contributed by atoms with Gasteiger partial charge in [0.1, 0.15) is 17.3 Å². The molecule has 8 nitrogen and oxygen atoms in total. The highest BCUT2D eigenvalue weighted by Crippen LogP contribution is 2.33. The van der Waals surface area contributed by atoms with Crippen LogP contribution in [-0.2, 0) is 7.05 Å². The summed E-state index contributed by atoms with van der Waals surface area (Å²) in [4.78, 5) is 23.4. The van der Waals surface area contributed by atoms with Crippen LogP contribution in [0.4, 0.5) is 14.5 Å². The molecule has 1 N–H and O–H groups in total. The van der Waals surface area contributed by atoms with Crippen molar-refractivity contribution in [3.8, 4) is 17.1 Å². The summed E-state index contributed by atoms with van der Waals surface area (Å²) in [7, 11) is 3.42. The highest BCUT2D eigenvalue weighted by molar-refractivity contribution is 5.95. The first kappa shape index (κ1) is 24.6. The third-order valence-corrected chi connectivity index (χ3v) is 7.07. The number of likely N-dealkylation sites (tertiary alicyclic amines) is 1. The Morgan fingerprint density at radius 1 is 1.22 bits per heavy atom. The molecule has 4 aromatic rings. The maximum Gasteiger partial charge on any atom is 0.274 e. The van der Waals surface area contributed by atoms with Crippen molar-refractivity contribution >= 4 is 22.5 Å². The largest absolute Gasteiger partial charge is 0.336 e. The van der Waals surface area contributed by atoms with Crippen LogP contribution in [0.25, 0.3) is 32.8 Å². The van der Waals surface area contributed by atoms with E-state index < -0.39 is 11.8 Å². The van der Waals surface area contributed by atoms with Gasteiger partial charge in [-0.05, 0) is 57.5 Å². The molecular weight excluding hydrogens is 476 g/mol. The molecule has 0 spiro atoms. The van der Waals surface area contributed by atoms with Crippen molar-refractivity contribution in [3.63, 3.8) is 0 Å². The normalized spacial score (nSPS) is 15.8. The zero-order valence-corrected chi connectivity index (χ0v) is 21.1. The first-order valence-electron chi connectivity index (χ1n) is 12.1. The number of carbonyl (C=O) groups is 1. The lowest BCUT2D eigenvalue weighted by atomic mass is 10.1. The molecule has 1 fully saturated rings. The molecule has 0 aliphatic carbocycles. The van der Waals surface area contributed by atoms with Crippen molar-refractivity contribution in [1.82, 2.24) is 29.5 Å². The number of piperidine rings is 1. The van der Waals surface area contributed by atoms with E-state index in [9.17, 15) is 13.6 Å². The van der Waals surface area contributed by atoms with E-state index in [1.807, 2.05) is 14.0 Å². The quantitative estimate of drug-likeness (QED) is 0.410. The summed E-state index contributed by atoms with van der Waals surface area (Å²) in [6.45, 7) is 12.0. The highest BCUT2D eigenvalue weighted by atomic mass is 19.1. The minimum absolute atomic E-state index is 0.101. The molecular formula is C27H27F2N7O. The average molecular weight is 504 g/mol. The second kappa shape index (κ2) is 9.41. The van der Waals surface area contributed by atoms with Gasteiger partial charge in [0.15, 0.2) is 0 Å². The third kappa shape index (κ3) is 4.15. The molecule has 1 aliphatic rings. The van der Waals surface area contributed by atoms with Crippen molar-refractivity contribution in [3.05, 3.63) is 70.5 Å². The molecule has 10 heteroatoms. The number of halogens is 2. The fraction of sp³-hybridized carbons (Fsp3) is 0.333. The second-order valence-electron chi connectivity index (χ2n) is 9.43. The zero-order chi connectivity index (χ0) is 26.4. The predicted octanol–water partition coefficient (Wildman–Crippen LogP) is 4.70. The van der Waals surface area contributed by atoms with Crippen molar-refractivity contribution < 1.29 is 13.6 Å². The summed E-state index contributed by atoms with van der Waals surface area (Å²) in [6, 6.07) is 7.92. The molecule has 1 amide bonds. The fourth-order valence-electron chi connectivity index (χ4n) is 5.03. The lowest BCUT2D eigenvalue weighted by Gasteiger charge is -2.32. The number of hydrogen-bond acceptors (Lipinski definition) is 4. The Labute approximate surface area is 213 Å². The Balaban J connectivity index is 1.72. The number of benzene rings is 2. The number of carbonyl (C=O) groups excluding carboxylic acids is 1. The fourth-order valence-corrected chi connectivity index (χ4v) is 5.03. The van der Waals surface area contributed by atoms with Crippen LogP contribution in [0.15, 0.2) is 30.3 Å². The number of aryl methyl sites for hydroxylation is 2. The Morgan fingerprint density at radius 3 is 2.70 bits per heavy atom. The molecule has 190 valence electrons. The average Bonchev–Trinajstić information content (AvgIpc) is 3.38. The first-order chi connectivity index (χ1) is 17.7. The molecule has 0 saturated carbocycles. The topological polar surface area (TPSA) is 72.3 Å². The molecule has 3 heterocycles. The van der Waals surface area contributed by atoms with E-state index in [0.29, 0.717) is 46.8 Å². The third-order valence-electron chi connectivity index (χ3n) is 7.07. The van der Waals surface area contributed by atoms with Crippen LogP contribution in [0, 0.1) is 32.2 Å². The van der Waals surface area contributed by atoms with Crippen LogP contribution in [0.1, 0.15) is 34.6 Å². The van der Waals surface area contributed by atoms with Gasteiger partial charge >= 0.3 is 0 Å². The summed E-state index contributed by atoms with van der Waals surface area (Å²) in [5.41, 5.74) is 3.04. The van der Waals surface area contributed by atoms with Gasteiger partial charge in [-0.15, -0.1) is 0 Å². The van der Waals surface area contributed by atoms with Crippen molar-refractivity contribution in [2.45, 2.75) is 32.7 Å². The number of likely N-dealkylation sites (N-methyl/N-ethyl adjacent to an activating group) is 1. The maximum atomic E-state index is 14.8. The number of nitrogens with one attached hydrogen (secondary N) is 1. The van der Waals surface area contributed by atoms with Gasteiger partial charge in [0.2, 0.25) is 11.6 Å². The van der Waals surface area contributed by atoms with Gasteiger partial charge in [-0.2, -0.15) is 9.49 Å². The molecule has 0 unspecified atom stereocenters. The number of hydrogen-bond donors (Lipinski definition) is 1. The lowest BCUT2D eigenvalue weighted by molar-refractivity contribution is 0.0692. The predicted molar refractivity (Wildman–Crippen MR) is 137 cm³/mol. The van der Waals surface area contributed by atoms with Gasteiger partial charge in [0, 0.05) is 31.7 Å². The number of fused-ring (bicyclic) bond motifs is 1. The number of aromatic nitrogens is 4. The summed E-state index contributed by atoms with van der Waals surface area (Å²) < 4.78 is 32.4. The van der Waals surface area contributed by atoms with Crippen LogP contribution in [0.2, 0.25) is 0 Å². The van der Waals surface area contributed by atoms with E-state index in [-0.39, 0.29) is 23.3 Å². The van der Waals surface area contributed by atoms with E-state index >= 15 is 0 Å². The van der Waals surface area contributed by atoms with Crippen molar-refractivity contribution in [2.24, 2.45) is 7.05 Å². The van der Waals surface area contributed by atoms with Crippen molar-refractivity contribution in [2.75, 3.05) is 20.1 Å². The van der Waals surface area contributed by atoms with Gasteiger partial charge in [-0.1, -0.05) is 12.1 Å². The van der Waals surface area contributed by atoms with Crippen LogP contribution in [-0.4, -0.2) is 56.3 Å². The summed E-state index contributed by atoms with van der Waals surface area (Å²) in [5, 5.41) is 7.80. The molecule has 5 rings (SSSR count). The van der Waals surface area contributed by atoms with Gasteiger partial charge < -0.3 is 10.2 Å². The molecule has 0 bridgehead atoms. The van der Waals surface area contributed by atoms with Crippen molar-refractivity contribution in [1.29, 1.82) is 0 Å². The Kier molecular flexibility index (Phi) is 6.25. The maximum absolute atomic E-state index is 14.8. The van der Waals surface area contributed by atoms with E-state index in [0.717, 1.165) is 18.4 Å². The number of rotatable bonds is 4. The Bertz CT molecular complexity index is 1580. The van der Waals surface area contributed by atoms with Crippen LogP contribution in [0.3, 0.4) is 0 Å². The smallest absolute Gasteiger partial charge is 0.274 e. The van der Waals surface area contributed by atoms with Crippen LogP contribution in [0.5, 0.6) is 0 Å². The second-order valence-corrected chi connectivity index (χ2v) is 9.43. The SMILES string of the molecule is [C-]#[N+]c1ccc(-c2nc(C(=O)N3CCC[C@H](NC)C3)c(C)n2-c2cc3c(F)n(C)nc3cc2C)cc1F. The summed E-state index contributed by atoms with van der Waals surface area (Å²) >= 11 is 0. The number of amides is 1. The number of nitrogens with zero attached hydrogens (tertiary/aromatic N) is 6. The van der Waals surface area contributed by atoms with Gasteiger partial charge in [0.05, 0.1) is 28.9 Å². The molecule has 37 heavy (non-hydrogen) atoms. The van der Waals surface area contributed by atoms with E-state index in [4.69, 9.17) is 11.6 Å². The van der Waals surface area contributed by atoms with Crippen LogP contribution < -0.4 is 5.32 Å². The zero-order valence-electron chi connectivity index (χ0n) is 21.1. The molecule has 0 radical (unpaired) electrons. The minimum atomic E-state index is -0.675. The summed E-state index contributed by atoms with van der Waals surface area (Å²) in [6.07, 6.45) is 1.87. The highest BCUT2D eigenvalue weighted by Gasteiger charge is 2.29. The molecule has 1 saturated heterocycles. The lowest BCUT2D eigenvalue weighted by Crippen LogP contribution is -2.47. The van der Waals surface area contributed by atoms with Gasteiger partial charge in [0.25, 0.3) is 5.91 Å². The van der Waals surface area contributed by atoms with E-state index in [1.54, 1.807) is 34.6 Å². The molecule has 1 aliphatic heterocycles. The van der Waals surface area contributed by atoms with E-state index in [1.165, 1.54) is 23.9 Å². The Hall–Kier alpha value is -4.10. The molecule has 1 atom stereocenters. The first-order valence-corrected chi connectivity index (χ1v) is 12.1.